The van der Waals surface area contributed by atoms with Gasteiger partial charge in [0.15, 0.2) is 0 Å². The minimum atomic E-state index is 0.627. The van der Waals surface area contributed by atoms with Gasteiger partial charge < -0.3 is 0 Å². The standard InChI is InChI=1S/C5H6IN/c6-5-2-1-3-7-4-5/h1,3-5H,2H2. The van der Waals surface area contributed by atoms with E-state index in [9.17, 15) is 0 Å². The van der Waals surface area contributed by atoms with Crippen LogP contribution in [-0.4, -0.2) is 10.1 Å². The van der Waals surface area contributed by atoms with E-state index in [2.05, 4.69) is 33.7 Å². The lowest BCUT2D eigenvalue weighted by atomic mass is 10.3. The van der Waals surface area contributed by atoms with Crippen molar-refractivity contribution in [3.8, 4) is 0 Å². The summed E-state index contributed by atoms with van der Waals surface area (Å²) in [6, 6.07) is 0. The Balaban J connectivity index is 2.49. The lowest BCUT2D eigenvalue weighted by molar-refractivity contribution is 1.13. The molecule has 7 heavy (non-hydrogen) atoms. The van der Waals surface area contributed by atoms with E-state index < -0.39 is 0 Å². The second-order valence-electron chi connectivity index (χ2n) is 1.43. The van der Waals surface area contributed by atoms with Crippen LogP contribution in [-0.2, 0) is 0 Å². The lowest BCUT2D eigenvalue weighted by Crippen LogP contribution is -1.98. The van der Waals surface area contributed by atoms with E-state index in [4.69, 9.17) is 0 Å². The van der Waals surface area contributed by atoms with Crippen molar-refractivity contribution in [2.75, 3.05) is 0 Å². The first-order valence-corrected chi connectivity index (χ1v) is 3.46. The van der Waals surface area contributed by atoms with Crippen LogP contribution in [0, 0.1) is 0 Å². The predicted octanol–water partition coefficient (Wildman–Crippen LogP) is 1.78. The SMILES string of the molecule is IC1C=NC=CC1. The molecule has 0 amide bonds. The van der Waals surface area contributed by atoms with Crippen molar-refractivity contribution in [3.05, 3.63) is 12.3 Å². The van der Waals surface area contributed by atoms with Crippen LogP contribution in [0.2, 0.25) is 0 Å². The van der Waals surface area contributed by atoms with Crippen LogP contribution in [0.25, 0.3) is 0 Å². The molecule has 1 aliphatic rings. The summed E-state index contributed by atoms with van der Waals surface area (Å²) in [4.78, 5) is 3.95. The first-order chi connectivity index (χ1) is 3.39. The molecule has 0 fully saturated rings. The zero-order chi connectivity index (χ0) is 5.11. The third kappa shape index (κ3) is 1.59. The van der Waals surface area contributed by atoms with Gasteiger partial charge in [-0.3, -0.25) is 4.99 Å². The molecule has 0 radical (unpaired) electrons. The topological polar surface area (TPSA) is 12.4 Å². The largest absolute Gasteiger partial charge is 0.268 e. The Morgan fingerprint density at radius 1 is 1.71 bits per heavy atom. The Morgan fingerprint density at radius 2 is 2.57 bits per heavy atom. The fourth-order valence-corrected chi connectivity index (χ4v) is 0.935. The number of rotatable bonds is 0. The normalized spacial score (nSPS) is 28.4. The van der Waals surface area contributed by atoms with Crippen molar-refractivity contribution >= 4 is 28.8 Å². The smallest absolute Gasteiger partial charge is 0.0498 e. The van der Waals surface area contributed by atoms with Gasteiger partial charge in [0.2, 0.25) is 0 Å². The van der Waals surface area contributed by atoms with Crippen molar-refractivity contribution in [1.29, 1.82) is 0 Å². The maximum absolute atomic E-state index is 3.95. The van der Waals surface area contributed by atoms with Crippen LogP contribution in [0.15, 0.2) is 17.3 Å². The van der Waals surface area contributed by atoms with Gasteiger partial charge >= 0.3 is 0 Å². The zero-order valence-corrected chi connectivity index (χ0v) is 6.00. The van der Waals surface area contributed by atoms with Gasteiger partial charge in [-0.15, -0.1) is 0 Å². The monoisotopic (exact) mass is 207 g/mol. The molecule has 0 aromatic rings. The molecule has 0 bridgehead atoms. The summed E-state index contributed by atoms with van der Waals surface area (Å²) in [5.74, 6) is 0. The Morgan fingerprint density at radius 3 is 2.86 bits per heavy atom. The van der Waals surface area contributed by atoms with Crippen LogP contribution < -0.4 is 0 Å². The summed E-state index contributed by atoms with van der Waals surface area (Å²) in [6.45, 7) is 0. The highest BCUT2D eigenvalue weighted by Crippen LogP contribution is 2.06. The molecular formula is C5H6IN. The highest BCUT2D eigenvalue weighted by atomic mass is 127. The molecule has 1 atom stereocenters. The van der Waals surface area contributed by atoms with Gasteiger partial charge in [-0.2, -0.15) is 0 Å². The van der Waals surface area contributed by atoms with Crippen molar-refractivity contribution in [3.63, 3.8) is 0 Å². The van der Waals surface area contributed by atoms with Crippen LogP contribution in [0.1, 0.15) is 6.42 Å². The predicted molar refractivity (Wildman–Crippen MR) is 40.1 cm³/mol. The third-order valence-electron chi connectivity index (χ3n) is 0.801. The van der Waals surface area contributed by atoms with Gasteiger partial charge in [0, 0.05) is 16.3 Å². The number of halogens is 1. The van der Waals surface area contributed by atoms with E-state index in [0.29, 0.717) is 3.92 Å². The number of hydrogen-bond donors (Lipinski definition) is 0. The third-order valence-corrected chi connectivity index (χ3v) is 1.63. The maximum atomic E-state index is 3.95. The van der Waals surface area contributed by atoms with Gasteiger partial charge in [0.05, 0.1) is 0 Å². The Bertz CT molecular complexity index is 107. The van der Waals surface area contributed by atoms with Gasteiger partial charge in [-0.25, -0.2) is 0 Å². The van der Waals surface area contributed by atoms with E-state index in [-0.39, 0.29) is 0 Å². The Hall–Kier alpha value is 0.140. The van der Waals surface area contributed by atoms with Crippen molar-refractivity contribution < 1.29 is 0 Å². The Kier molecular flexibility index (Phi) is 1.85. The quantitative estimate of drug-likeness (QED) is 0.424. The number of allylic oxidation sites excluding steroid dienone is 1. The number of aliphatic imine (C=N–C) groups is 1. The first kappa shape index (κ1) is 5.28. The van der Waals surface area contributed by atoms with Gasteiger partial charge in [0.25, 0.3) is 0 Å². The molecule has 1 aliphatic heterocycles. The van der Waals surface area contributed by atoms with E-state index in [1.165, 1.54) is 0 Å². The molecule has 1 unspecified atom stereocenters. The van der Waals surface area contributed by atoms with Crippen LogP contribution in [0.3, 0.4) is 0 Å². The highest BCUT2D eigenvalue weighted by molar-refractivity contribution is 14.1. The van der Waals surface area contributed by atoms with Crippen molar-refractivity contribution in [2.45, 2.75) is 10.3 Å². The van der Waals surface area contributed by atoms with Crippen molar-refractivity contribution in [1.82, 2.24) is 0 Å². The van der Waals surface area contributed by atoms with Crippen LogP contribution >= 0.6 is 22.6 Å². The van der Waals surface area contributed by atoms with Crippen LogP contribution in [0.4, 0.5) is 0 Å². The fourth-order valence-electron chi connectivity index (χ4n) is 0.456. The number of hydrogen-bond acceptors (Lipinski definition) is 1. The average Bonchev–Trinajstić information content (AvgIpc) is 1.69. The minimum Gasteiger partial charge on any atom is -0.268 e. The molecule has 0 aromatic carbocycles. The molecule has 1 heterocycles. The number of alkyl halides is 1. The maximum Gasteiger partial charge on any atom is 0.0498 e. The lowest BCUT2D eigenvalue weighted by Gasteiger charge is -1.99. The van der Waals surface area contributed by atoms with E-state index in [0.717, 1.165) is 6.42 Å². The molecule has 1 rings (SSSR count). The van der Waals surface area contributed by atoms with E-state index >= 15 is 0 Å². The summed E-state index contributed by atoms with van der Waals surface area (Å²) >= 11 is 2.36. The first-order valence-electron chi connectivity index (χ1n) is 2.22. The second-order valence-corrected chi connectivity index (χ2v) is 3.03. The Labute approximate surface area is 56.7 Å². The molecule has 0 spiro atoms. The summed E-state index contributed by atoms with van der Waals surface area (Å²) < 4.78 is 0.627. The summed E-state index contributed by atoms with van der Waals surface area (Å²) in [5.41, 5.74) is 0. The van der Waals surface area contributed by atoms with Gasteiger partial charge in [-0.1, -0.05) is 28.7 Å². The molecule has 38 valence electrons. The molecule has 2 heteroatoms. The van der Waals surface area contributed by atoms with Crippen molar-refractivity contribution in [2.24, 2.45) is 4.99 Å². The fraction of sp³-hybridized carbons (Fsp3) is 0.400. The molecule has 1 nitrogen and oxygen atoms in total. The van der Waals surface area contributed by atoms with Gasteiger partial charge in [-0.05, 0) is 6.42 Å². The summed E-state index contributed by atoms with van der Waals surface area (Å²) in [6.07, 6.45) is 7.02. The van der Waals surface area contributed by atoms with E-state index in [1.807, 2.05) is 12.4 Å². The highest BCUT2D eigenvalue weighted by Gasteiger charge is 1.96. The minimum absolute atomic E-state index is 0.627. The molecule has 0 aliphatic carbocycles. The molecule has 0 saturated heterocycles. The number of nitrogens with zero attached hydrogens (tertiary/aromatic N) is 1. The summed E-state index contributed by atoms with van der Waals surface area (Å²) in [7, 11) is 0. The molecular weight excluding hydrogens is 201 g/mol. The second kappa shape index (κ2) is 2.45. The zero-order valence-electron chi connectivity index (χ0n) is 3.84. The summed E-state index contributed by atoms with van der Waals surface area (Å²) in [5, 5.41) is 0. The molecule has 0 aromatic heterocycles. The molecule has 0 saturated carbocycles. The van der Waals surface area contributed by atoms with Crippen LogP contribution in [0.5, 0.6) is 0 Å². The van der Waals surface area contributed by atoms with E-state index in [1.54, 1.807) is 0 Å². The average molecular weight is 207 g/mol. The van der Waals surface area contributed by atoms with Gasteiger partial charge in [0.1, 0.15) is 0 Å². The molecule has 0 N–H and O–H groups in total.